The highest BCUT2D eigenvalue weighted by atomic mass is 16.3. The van der Waals surface area contributed by atoms with E-state index >= 15 is 0 Å². The number of aliphatic hydroxyl groups is 1. The van der Waals surface area contributed by atoms with Crippen LogP contribution in [0, 0.1) is 5.92 Å². The Balaban J connectivity index is 1.89. The number of hydrogen-bond acceptors (Lipinski definition) is 2. The quantitative estimate of drug-likeness (QED) is 0.858. The van der Waals surface area contributed by atoms with Crippen LogP contribution >= 0.6 is 0 Å². The van der Waals surface area contributed by atoms with Crippen LogP contribution in [0.4, 0.5) is 0 Å². The van der Waals surface area contributed by atoms with Crippen LogP contribution in [0.15, 0.2) is 18.3 Å². The van der Waals surface area contributed by atoms with Gasteiger partial charge in [-0.15, -0.1) is 0 Å². The normalized spacial score (nSPS) is 23.6. The van der Waals surface area contributed by atoms with Crippen molar-refractivity contribution in [3.63, 3.8) is 0 Å². The largest absolute Gasteiger partial charge is 0.393 e. The minimum atomic E-state index is -0.175. The summed E-state index contributed by atoms with van der Waals surface area (Å²) in [6, 6.07) is 4.03. The zero-order valence-electron chi connectivity index (χ0n) is 11.1. The number of carbonyl (C=O) groups excluding carboxylic acids is 1. The molecule has 4 nitrogen and oxygen atoms in total. The standard InChI is InChI=1S/C14H22N2O2/c1-10(2)16-7-3-4-13(16)14(18)15-9-11-5-6-12(17)8-11/h3-4,7,10-12,17H,5-6,8-9H2,1-2H3,(H,15,18). The van der Waals surface area contributed by atoms with Gasteiger partial charge in [-0.05, 0) is 51.2 Å². The van der Waals surface area contributed by atoms with Crippen molar-refractivity contribution < 1.29 is 9.90 Å². The van der Waals surface area contributed by atoms with Crippen LogP contribution in [0.2, 0.25) is 0 Å². The smallest absolute Gasteiger partial charge is 0.267 e. The Labute approximate surface area is 108 Å². The lowest BCUT2D eigenvalue weighted by molar-refractivity contribution is 0.0934. The molecule has 1 aliphatic rings. The number of carbonyl (C=O) groups is 1. The maximum atomic E-state index is 12.1. The molecule has 2 N–H and O–H groups in total. The fourth-order valence-electron chi connectivity index (χ4n) is 2.60. The highest BCUT2D eigenvalue weighted by Gasteiger charge is 2.23. The minimum absolute atomic E-state index is 0.0184. The molecule has 0 saturated heterocycles. The molecule has 4 heteroatoms. The zero-order chi connectivity index (χ0) is 13.1. The van der Waals surface area contributed by atoms with Crippen LogP contribution in [-0.4, -0.2) is 28.2 Å². The van der Waals surface area contributed by atoms with E-state index in [9.17, 15) is 9.90 Å². The van der Waals surface area contributed by atoms with Crippen LogP contribution in [0.25, 0.3) is 0 Å². The molecule has 1 aromatic heterocycles. The van der Waals surface area contributed by atoms with Gasteiger partial charge < -0.3 is 15.0 Å². The highest BCUT2D eigenvalue weighted by molar-refractivity contribution is 5.92. The third kappa shape index (κ3) is 2.93. The monoisotopic (exact) mass is 250 g/mol. The van der Waals surface area contributed by atoms with E-state index in [0.717, 1.165) is 19.3 Å². The third-order valence-electron chi connectivity index (χ3n) is 3.63. The molecule has 1 saturated carbocycles. The van der Waals surface area contributed by atoms with Gasteiger partial charge in [0.25, 0.3) is 5.91 Å². The number of nitrogens with zero attached hydrogens (tertiary/aromatic N) is 1. The number of aliphatic hydroxyl groups excluding tert-OH is 1. The summed E-state index contributed by atoms with van der Waals surface area (Å²) in [5.74, 6) is 0.404. The fourth-order valence-corrected chi connectivity index (χ4v) is 2.60. The first-order valence-corrected chi connectivity index (χ1v) is 6.71. The summed E-state index contributed by atoms with van der Waals surface area (Å²) >= 11 is 0. The molecule has 100 valence electrons. The van der Waals surface area contributed by atoms with Crippen molar-refractivity contribution >= 4 is 5.91 Å². The SMILES string of the molecule is CC(C)n1cccc1C(=O)NCC1CCC(O)C1. The Hall–Kier alpha value is -1.29. The van der Waals surface area contributed by atoms with Crippen molar-refractivity contribution in [2.45, 2.75) is 45.3 Å². The van der Waals surface area contributed by atoms with Gasteiger partial charge in [-0.2, -0.15) is 0 Å². The lowest BCUT2D eigenvalue weighted by Gasteiger charge is -2.14. The van der Waals surface area contributed by atoms with Crippen molar-refractivity contribution in [3.05, 3.63) is 24.0 Å². The van der Waals surface area contributed by atoms with Crippen LogP contribution in [-0.2, 0) is 0 Å². The molecule has 1 aliphatic carbocycles. The highest BCUT2D eigenvalue weighted by Crippen LogP contribution is 2.24. The molecule has 18 heavy (non-hydrogen) atoms. The van der Waals surface area contributed by atoms with E-state index in [1.165, 1.54) is 0 Å². The first-order chi connectivity index (χ1) is 8.58. The Bertz CT molecular complexity index is 412. The molecule has 0 radical (unpaired) electrons. The summed E-state index contributed by atoms with van der Waals surface area (Å²) in [7, 11) is 0. The molecular weight excluding hydrogens is 228 g/mol. The molecule has 1 heterocycles. The predicted molar refractivity (Wildman–Crippen MR) is 70.5 cm³/mol. The second kappa shape index (κ2) is 5.57. The number of hydrogen-bond donors (Lipinski definition) is 2. The molecule has 1 aromatic rings. The third-order valence-corrected chi connectivity index (χ3v) is 3.63. The van der Waals surface area contributed by atoms with Gasteiger partial charge in [0, 0.05) is 18.8 Å². The van der Waals surface area contributed by atoms with Crippen LogP contribution in [0.3, 0.4) is 0 Å². The summed E-state index contributed by atoms with van der Waals surface area (Å²) in [5.41, 5.74) is 0.712. The van der Waals surface area contributed by atoms with E-state index in [1.807, 2.05) is 22.9 Å². The Morgan fingerprint density at radius 2 is 2.33 bits per heavy atom. The van der Waals surface area contributed by atoms with Crippen LogP contribution in [0.5, 0.6) is 0 Å². The molecule has 0 aromatic carbocycles. The van der Waals surface area contributed by atoms with Gasteiger partial charge in [0.1, 0.15) is 5.69 Å². The average Bonchev–Trinajstić information content (AvgIpc) is 2.94. The number of nitrogens with one attached hydrogen (secondary N) is 1. The fraction of sp³-hybridized carbons (Fsp3) is 0.643. The summed E-state index contributed by atoms with van der Waals surface area (Å²) in [5, 5.41) is 12.4. The lowest BCUT2D eigenvalue weighted by atomic mass is 10.1. The molecule has 2 unspecified atom stereocenters. The van der Waals surface area contributed by atoms with E-state index in [1.54, 1.807) is 0 Å². The predicted octanol–water partition coefficient (Wildman–Crippen LogP) is 1.96. The van der Waals surface area contributed by atoms with Crippen molar-refractivity contribution in [1.29, 1.82) is 0 Å². The van der Waals surface area contributed by atoms with Gasteiger partial charge in [0.2, 0.25) is 0 Å². The van der Waals surface area contributed by atoms with E-state index in [2.05, 4.69) is 19.2 Å². The Kier molecular flexibility index (Phi) is 4.07. The van der Waals surface area contributed by atoms with E-state index < -0.39 is 0 Å². The molecule has 1 fully saturated rings. The van der Waals surface area contributed by atoms with Gasteiger partial charge in [-0.25, -0.2) is 0 Å². The Morgan fingerprint density at radius 1 is 1.56 bits per heavy atom. The lowest BCUT2D eigenvalue weighted by Crippen LogP contribution is -2.30. The summed E-state index contributed by atoms with van der Waals surface area (Å²) in [6.07, 6.45) is 4.44. The molecule has 0 aliphatic heterocycles. The maximum Gasteiger partial charge on any atom is 0.267 e. The van der Waals surface area contributed by atoms with Crippen LogP contribution < -0.4 is 5.32 Å². The molecule has 2 atom stereocenters. The van der Waals surface area contributed by atoms with Gasteiger partial charge in [0.05, 0.1) is 6.10 Å². The van der Waals surface area contributed by atoms with Crippen LogP contribution in [0.1, 0.15) is 49.6 Å². The van der Waals surface area contributed by atoms with E-state index in [-0.39, 0.29) is 18.1 Å². The molecule has 2 rings (SSSR count). The van der Waals surface area contributed by atoms with Crippen molar-refractivity contribution in [2.75, 3.05) is 6.54 Å². The topological polar surface area (TPSA) is 54.3 Å². The van der Waals surface area contributed by atoms with Gasteiger partial charge in [-0.1, -0.05) is 0 Å². The van der Waals surface area contributed by atoms with Gasteiger partial charge in [0.15, 0.2) is 0 Å². The first-order valence-electron chi connectivity index (χ1n) is 6.71. The minimum Gasteiger partial charge on any atom is -0.393 e. The maximum absolute atomic E-state index is 12.1. The van der Waals surface area contributed by atoms with Crippen molar-refractivity contribution in [3.8, 4) is 0 Å². The summed E-state index contributed by atoms with van der Waals surface area (Å²) in [4.78, 5) is 12.1. The number of aromatic nitrogens is 1. The summed E-state index contributed by atoms with van der Waals surface area (Å²) < 4.78 is 1.97. The van der Waals surface area contributed by atoms with Crippen molar-refractivity contribution in [2.24, 2.45) is 5.92 Å². The average molecular weight is 250 g/mol. The Morgan fingerprint density at radius 3 is 2.94 bits per heavy atom. The molecule has 1 amide bonds. The summed E-state index contributed by atoms with van der Waals surface area (Å²) in [6.45, 7) is 4.79. The van der Waals surface area contributed by atoms with Gasteiger partial charge in [-0.3, -0.25) is 4.79 Å². The second-order valence-corrected chi connectivity index (χ2v) is 5.44. The molecule has 0 bridgehead atoms. The molecule has 0 spiro atoms. The van der Waals surface area contributed by atoms with E-state index in [4.69, 9.17) is 0 Å². The van der Waals surface area contributed by atoms with Crippen molar-refractivity contribution in [1.82, 2.24) is 9.88 Å². The second-order valence-electron chi connectivity index (χ2n) is 5.44. The number of rotatable bonds is 4. The van der Waals surface area contributed by atoms with E-state index in [0.29, 0.717) is 18.2 Å². The first kappa shape index (κ1) is 13.1. The number of amides is 1. The zero-order valence-corrected chi connectivity index (χ0v) is 11.1. The molecular formula is C14H22N2O2. The van der Waals surface area contributed by atoms with Gasteiger partial charge >= 0.3 is 0 Å².